The Morgan fingerprint density at radius 2 is 2.20 bits per heavy atom. The number of carbonyl (C=O) groups is 2. The van der Waals surface area contributed by atoms with Crippen LogP contribution in [0, 0.1) is 5.92 Å². The molecule has 1 aliphatic rings. The van der Waals surface area contributed by atoms with E-state index in [-0.39, 0.29) is 17.7 Å². The van der Waals surface area contributed by atoms with Crippen LogP contribution < -0.4 is 10.6 Å². The standard InChI is InChI=1S/C16H21N5O3S/c1-10(2)8-21-14(12-4-3-7-24-12)19-20-16(21)25-9-13(22)18-15(23)17-11-5-6-11/h3-4,7,10-11H,5-6,8-9H2,1-2H3,(H2,17,18,22,23). The fraction of sp³-hybridized carbons (Fsp3) is 0.500. The zero-order chi connectivity index (χ0) is 17.8. The Morgan fingerprint density at radius 3 is 2.84 bits per heavy atom. The van der Waals surface area contributed by atoms with Gasteiger partial charge in [0.15, 0.2) is 16.7 Å². The fourth-order valence-electron chi connectivity index (χ4n) is 2.26. The second kappa shape index (κ2) is 7.73. The lowest BCUT2D eigenvalue weighted by atomic mass is 10.2. The lowest BCUT2D eigenvalue weighted by Crippen LogP contribution is -2.41. The van der Waals surface area contributed by atoms with E-state index < -0.39 is 6.03 Å². The first-order valence-corrected chi connectivity index (χ1v) is 9.21. The molecule has 2 heterocycles. The zero-order valence-electron chi connectivity index (χ0n) is 14.2. The number of nitrogens with zero attached hydrogens (tertiary/aromatic N) is 3. The van der Waals surface area contributed by atoms with Gasteiger partial charge in [-0.3, -0.25) is 14.7 Å². The molecule has 8 nitrogen and oxygen atoms in total. The van der Waals surface area contributed by atoms with E-state index in [4.69, 9.17) is 4.42 Å². The van der Waals surface area contributed by atoms with Crippen LogP contribution in [0.5, 0.6) is 0 Å². The van der Waals surface area contributed by atoms with Crippen molar-refractivity contribution in [1.82, 2.24) is 25.4 Å². The van der Waals surface area contributed by atoms with Gasteiger partial charge in [0, 0.05) is 12.6 Å². The molecule has 0 radical (unpaired) electrons. The van der Waals surface area contributed by atoms with E-state index in [0.717, 1.165) is 12.8 Å². The molecule has 0 aliphatic heterocycles. The van der Waals surface area contributed by atoms with Gasteiger partial charge in [-0.05, 0) is 30.9 Å². The Balaban J connectivity index is 1.63. The average Bonchev–Trinajstić information content (AvgIpc) is 3.05. The van der Waals surface area contributed by atoms with Gasteiger partial charge < -0.3 is 9.73 Å². The molecule has 25 heavy (non-hydrogen) atoms. The molecular formula is C16H21N5O3S. The number of imide groups is 1. The monoisotopic (exact) mass is 363 g/mol. The molecule has 0 aromatic carbocycles. The van der Waals surface area contributed by atoms with Crippen molar-refractivity contribution < 1.29 is 14.0 Å². The third kappa shape index (κ3) is 4.85. The highest BCUT2D eigenvalue weighted by Crippen LogP contribution is 2.25. The minimum atomic E-state index is -0.437. The number of carbonyl (C=O) groups excluding carboxylic acids is 2. The summed E-state index contributed by atoms with van der Waals surface area (Å²) in [4.78, 5) is 23.5. The average molecular weight is 363 g/mol. The summed E-state index contributed by atoms with van der Waals surface area (Å²) in [5.74, 6) is 1.37. The largest absolute Gasteiger partial charge is 0.461 e. The summed E-state index contributed by atoms with van der Waals surface area (Å²) in [6.07, 6.45) is 3.54. The molecule has 0 spiro atoms. The second-order valence-electron chi connectivity index (χ2n) is 6.37. The van der Waals surface area contributed by atoms with Crippen LogP contribution >= 0.6 is 11.8 Å². The van der Waals surface area contributed by atoms with Gasteiger partial charge in [0.25, 0.3) is 0 Å². The van der Waals surface area contributed by atoms with Gasteiger partial charge in [0.2, 0.25) is 5.91 Å². The van der Waals surface area contributed by atoms with Crippen molar-refractivity contribution in [2.75, 3.05) is 5.75 Å². The van der Waals surface area contributed by atoms with Gasteiger partial charge in [-0.1, -0.05) is 25.6 Å². The van der Waals surface area contributed by atoms with Crippen molar-refractivity contribution >= 4 is 23.7 Å². The van der Waals surface area contributed by atoms with Crippen LogP contribution in [0.2, 0.25) is 0 Å². The number of aromatic nitrogens is 3. The first-order valence-electron chi connectivity index (χ1n) is 8.23. The third-order valence-corrected chi connectivity index (χ3v) is 4.47. The van der Waals surface area contributed by atoms with Crippen molar-refractivity contribution in [3.8, 4) is 11.6 Å². The molecule has 3 amide bonds. The van der Waals surface area contributed by atoms with Crippen LogP contribution in [0.3, 0.4) is 0 Å². The maximum atomic E-state index is 11.9. The Morgan fingerprint density at radius 1 is 1.40 bits per heavy atom. The number of hydrogen-bond acceptors (Lipinski definition) is 6. The zero-order valence-corrected chi connectivity index (χ0v) is 15.0. The SMILES string of the molecule is CC(C)Cn1c(SCC(=O)NC(=O)NC2CC2)nnc1-c1ccco1. The number of hydrogen-bond donors (Lipinski definition) is 2. The quantitative estimate of drug-likeness (QED) is 0.732. The number of furan rings is 1. The van der Waals surface area contributed by atoms with E-state index in [9.17, 15) is 9.59 Å². The van der Waals surface area contributed by atoms with E-state index in [2.05, 4.69) is 34.7 Å². The second-order valence-corrected chi connectivity index (χ2v) is 7.32. The third-order valence-electron chi connectivity index (χ3n) is 3.50. The molecule has 1 saturated carbocycles. The summed E-state index contributed by atoms with van der Waals surface area (Å²) in [6.45, 7) is 4.89. The van der Waals surface area contributed by atoms with Crippen molar-refractivity contribution in [2.24, 2.45) is 5.92 Å². The van der Waals surface area contributed by atoms with Gasteiger partial charge >= 0.3 is 6.03 Å². The topological polar surface area (TPSA) is 102 Å². The summed E-state index contributed by atoms with van der Waals surface area (Å²) in [5, 5.41) is 14.0. The van der Waals surface area contributed by atoms with E-state index >= 15 is 0 Å². The number of rotatable bonds is 7. The van der Waals surface area contributed by atoms with E-state index in [1.165, 1.54) is 11.8 Å². The maximum absolute atomic E-state index is 11.9. The van der Waals surface area contributed by atoms with Crippen LogP contribution in [-0.2, 0) is 11.3 Å². The number of amides is 3. The van der Waals surface area contributed by atoms with Gasteiger partial charge in [0.05, 0.1) is 12.0 Å². The Labute approximate surface area is 149 Å². The van der Waals surface area contributed by atoms with Crippen LogP contribution in [0.25, 0.3) is 11.6 Å². The highest BCUT2D eigenvalue weighted by molar-refractivity contribution is 7.99. The summed E-state index contributed by atoms with van der Waals surface area (Å²) in [5.41, 5.74) is 0. The van der Waals surface area contributed by atoms with Crippen LogP contribution in [0.1, 0.15) is 26.7 Å². The maximum Gasteiger partial charge on any atom is 0.321 e. The minimum absolute atomic E-state index is 0.0898. The van der Waals surface area contributed by atoms with Gasteiger partial charge in [-0.25, -0.2) is 4.79 Å². The van der Waals surface area contributed by atoms with Crippen LogP contribution in [0.15, 0.2) is 28.0 Å². The first kappa shape index (κ1) is 17.5. The highest BCUT2D eigenvalue weighted by atomic mass is 32.2. The molecule has 2 aromatic rings. The molecule has 0 bridgehead atoms. The lowest BCUT2D eigenvalue weighted by Gasteiger charge is -2.11. The molecule has 0 atom stereocenters. The van der Waals surface area contributed by atoms with E-state index in [1.807, 2.05) is 10.6 Å². The van der Waals surface area contributed by atoms with Crippen LogP contribution in [-0.4, -0.2) is 38.5 Å². The molecule has 9 heteroatoms. The van der Waals surface area contributed by atoms with E-state index in [0.29, 0.717) is 29.2 Å². The minimum Gasteiger partial charge on any atom is -0.461 e. The van der Waals surface area contributed by atoms with Gasteiger partial charge in [-0.2, -0.15) is 0 Å². The van der Waals surface area contributed by atoms with Gasteiger partial charge in [-0.15, -0.1) is 10.2 Å². The number of thioether (sulfide) groups is 1. The molecule has 2 N–H and O–H groups in total. The molecule has 1 fully saturated rings. The predicted molar refractivity (Wildman–Crippen MR) is 93.0 cm³/mol. The summed E-state index contributed by atoms with van der Waals surface area (Å²) in [6, 6.07) is 3.39. The highest BCUT2D eigenvalue weighted by Gasteiger charge is 2.24. The van der Waals surface area contributed by atoms with Crippen LogP contribution in [0.4, 0.5) is 4.79 Å². The summed E-state index contributed by atoms with van der Waals surface area (Å²) in [7, 11) is 0. The van der Waals surface area contributed by atoms with E-state index in [1.54, 1.807) is 12.3 Å². The van der Waals surface area contributed by atoms with Crippen molar-refractivity contribution in [3.05, 3.63) is 18.4 Å². The molecule has 3 rings (SSSR count). The number of nitrogens with one attached hydrogen (secondary N) is 2. The fourth-order valence-corrected chi connectivity index (χ4v) is 3.00. The van der Waals surface area contributed by atoms with Crippen molar-refractivity contribution in [2.45, 2.75) is 44.4 Å². The normalized spacial score (nSPS) is 13.9. The first-order chi connectivity index (χ1) is 12.0. The Bertz CT molecular complexity index is 737. The van der Waals surface area contributed by atoms with Gasteiger partial charge in [0.1, 0.15) is 0 Å². The summed E-state index contributed by atoms with van der Waals surface area (Å²) >= 11 is 1.25. The molecular weight excluding hydrogens is 342 g/mol. The molecule has 0 unspecified atom stereocenters. The van der Waals surface area contributed by atoms with Crippen molar-refractivity contribution in [1.29, 1.82) is 0 Å². The molecule has 0 saturated heterocycles. The number of urea groups is 1. The molecule has 1 aliphatic carbocycles. The Hall–Kier alpha value is -2.29. The summed E-state index contributed by atoms with van der Waals surface area (Å²) < 4.78 is 7.35. The lowest BCUT2D eigenvalue weighted by molar-refractivity contribution is -0.117. The Kier molecular flexibility index (Phi) is 5.42. The van der Waals surface area contributed by atoms with Crippen molar-refractivity contribution in [3.63, 3.8) is 0 Å². The predicted octanol–water partition coefficient (Wildman–Crippen LogP) is 2.27. The smallest absolute Gasteiger partial charge is 0.321 e. The molecule has 2 aromatic heterocycles. The molecule has 134 valence electrons.